The van der Waals surface area contributed by atoms with Gasteiger partial charge >= 0.3 is 0 Å². The summed E-state index contributed by atoms with van der Waals surface area (Å²) in [6.45, 7) is 8.00. The largest absolute Gasteiger partial charge is 0.368 e. The molecule has 0 bridgehead atoms. The minimum atomic E-state index is -0.699. The van der Waals surface area contributed by atoms with Gasteiger partial charge in [-0.25, -0.2) is 0 Å². The van der Waals surface area contributed by atoms with E-state index in [1.54, 1.807) is 0 Å². The number of hydrogen-bond donors (Lipinski definition) is 2. The minimum absolute atomic E-state index is 0.147. The Morgan fingerprint density at radius 2 is 1.83 bits per heavy atom. The Labute approximate surface area is 110 Å². The van der Waals surface area contributed by atoms with E-state index in [1.165, 1.54) is 5.56 Å². The highest BCUT2D eigenvalue weighted by Gasteiger charge is 2.28. The molecule has 3 heteroatoms. The molecule has 1 atom stereocenters. The first-order valence-corrected chi connectivity index (χ1v) is 6.45. The zero-order valence-corrected chi connectivity index (χ0v) is 11.7. The summed E-state index contributed by atoms with van der Waals surface area (Å²) < 4.78 is 0. The fourth-order valence-corrected chi connectivity index (χ4v) is 1.94. The number of primary amides is 1. The molecule has 3 N–H and O–H groups in total. The predicted molar refractivity (Wildman–Crippen MR) is 75.0 cm³/mol. The lowest BCUT2D eigenvalue weighted by molar-refractivity contribution is -0.123. The molecule has 0 saturated heterocycles. The molecule has 3 nitrogen and oxygen atoms in total. The van der Waals surface area contributed by atoms with Gasteiger partial charge in [0, 0.05) is 6.04 Å². The van der Waals surface area contributed by atoms with Gasteiger partial charge in [-0.15, -0.1) is 0 Å². The lowest BCUT2D eigenvalue weighted by Gasteiger charge is -2.30. The fourth-order valence-electron chi connectivity index (χ4n) is 1.94. The zero-order valence-electron chi connectivity index (χ0n) is 11.7. The van der Waals surface area contributed by atoms with Crippen LogP contribution in [-0.4, -0.2) is 11.4 Å². The van der Waals surface area contributed by atoms with Gasteiger partial charge in [-0.1, -0.05) is 44.2 Å². The molecule has 0 fully saturated rings. The van der Waals surface area contributed by atoms with Crippen LogP contribution in [0.2, 0.25) is 0 Å². The molecule has 1 rings (SSSR count). The maximum atomic E-state index is 11.4. The third-order valence-corrected chi connectivity index (χ3v) is 3.06. The van der Waals surface area contributed by atoms with Crippen LogP contribution in [0.5, 0.6) is 0 Å². The molecule has 0 aliphatic rings. The predicted octanol–water partition coefficient (Wildman–Crippen LogP) is 2.63. The molecular formula is C15H24N2O. The molecule has 1 amide bonds. The Kier molecular flexibility index (Phi) is 4.91. The first-order valence-electron chi connectivity index (χ1n) is 6.45. The summed E-state index contributed by atoms with van der Waals surface area (Å²) in [7, 11) is 0. The standard InChI is InChI=1S/C15H24N2O/c1-11(2)10-13(12-8-6-5-7-9-12)17-15(3,4)14(16)18/h5-9,11,13,17H,10H2,1-4H3,(H2,16,18). The van der Waals surface area contributed by atoms with E-state index >= 15 is 0 Å². The van der Waals surface area contributed by atoms with E-state index in [0.717, 1.165) is 6.42 Å². The Morgan fingerprint density at radius 3 is 2.28 bits per heavy atom. The summed E-state index contributed by atoms with van der Waals surface area (Å²) in [5.74, 6) is 0.221. The van der Waals surface area contributed by atoms with Crippen molar-refractivity contribution in [3.63, 3.8) is 0 Å². The van der Waals surface area contributed by atoms with Gasteiger partial charge in [-0.05, 0) is 31.7 Å². The van der Waals surface area contributed by atoms with Crippen LogP contribution < -0.4 is 11.1 Å². The summed E-state index contributed by atoms with van der Waals surface area (Å²) >= 11 is 0. The van der Waals surface area contributed by atoms with E-state index in [0.29, 0.717) is 5.92 Å². The van der Waals surface area contributed by atoms with Gasteiger partial charge in [0.05, 0.1) is 5.54 Å². The van der Waals surface area contributed by atoms with E-state index in [9.17, 15) is 4.79 Å². The second kappa shape index (κ2) is 6.01. The van der Waals surface area contributed by atoms with Crippen LogP contribution in [0, 0.1) is 5.92 Å². The van der Waals surface area contributed by atoms with Gasteiger partial charge in [0.15, 0.2) is 0 Å². The monoisotopic (exact) mass is 248 g/mol. The van der Waals surface area contributed by atoms with Crippen LogP contribution in [0.25, 0.3) is 0 Å². The molecule has 1 unspecified atom stereocenters. The molecule has 0 aliphatic carbocycles. The van der Waals surface area contributed by atoms with Crippen molar-refractivity contribution in [2.24, 2.45) is 11.7 Å². The number of benzene rings is 1. The van der Waals surface area contributed by atoms with Crippen molar-refractivity contribution >= 4 is 5.91 Å². The smallest absolute Gasteiger partial charge is 0.237 e. The number of carbonyl (C=O) groups excluding carboxylic acids is 1. The third kappa shape index (κ3) is 4.15. The molecule has 1 aromatic carbocycles. The summed E-state index contributed by atoms with van der Waals surface area (Å²) in [5, 5.41) is 3.37. The second-order valence-corrected chi connectivity index (χ2v) is 5.73. The van der Waals surface area contributed by atoms with Crippen LogP contribution in [0.4, 0.5) is 0 Å². The van der Waals surface area contributed by atoms with Crippen LogP contribution >= 0.6 is 0 Å². The number of nitrogens with one attached hydrogen (secondary N) is 1. The van der Waals surface area contributed by atoms with Crippen LogP contribution in [-0.2, 0) is 4.79 Å². The van der Waals surface area contributed by atoms with Gasteiger partial charge < -0.3 is 5.73 Å². The summed E-state index contributed by atoms with van der Waals surface area (Å²) in [6.07, 6.45) is 0.973. The summed E-state index contributed by atoms with van der Waals surface area (Å²) in [5.41, 5.74) is 5.92. The Hall–Kier alpha value is -1.35. The molecular weight excluding hydrogens is 224 g/mol. The Morgan fingerprint density at radius 1 is 1.28 bits per heavy atom. The molecule has 0 heterocycles. The highest BCUT2D eigenvalue weighted by atomic mass is 16.1. The maximum Gasteiger partial charge on any atom is 0.237 e. The van der Waals surface area contributed by atoms with Gasteiger partial charge in [0.25, 0.3) is 0 Å². The maximum absolute atomic E-state index is 11.4. The number of amides is 1. The van der Waals surface area contributed by atoms with Crippen molar-refractivity contribution in [1.82, 2.24) is 5.32 Å². The molecule has 0 aromatic heterocycles. The number of nitrogens with two attached hydrogens (primary N) is 1. The molecule has 0 saturated carbocycles. The lowest BCUT2D eigenvalue weighted by atomic mass is 9.93. The average molecular weight is 248 g/mol. The third-order valence-electron chi connectivity index (χ3n) is 3.06. The van der Waals surface area contributed by atoms with E-state index < -0.39 is 5.54 Å². The fraction of sp³-hybridized carbons (Fsp3) is 0.533. The summed E-state index contributed by atoms with van der Waals surface area (Å²) in [4.78, 5) is 11.4. The first kappa shape index (κ1) is 14.7. The molecule has 0 aliphatic heterocycles. The van der Waals surface area contributed by atoms with Crippen LogP contribution in [0.3, 0.4) is 0 Å². The van der Waals surface area contributed by atoms with Gasteiger partial charge in [0.1, 0.15) is 0 Å². The van der Waals surface area contributed by atoms with Gasteiger partial charge in [0.2, 0.25) is 5.91 Å². The van der Waals surface area contributed by atoms with E-state index in [2.05, 4.69) is 31.3 Å². The van der Waals surface area contributed by atoms with Crippen molar-refractivity contribution in [3.8, 4) is 0 Å². The molecule has 18 heavy (non-hydrogen) atoms. The van der Waals surface area contributed by atoms with Gasteiger partial charge in [-0.3, -0.25) is 10.1 Å². The molecule has 100 valence electrons. The quantitative estimate of drug-likeness (QED) is 0.813. The molecule has 0 radical (unpaired) electrons. The van der Waals surface area contributed by atoms with Gasteiger partial charge in [-0.2, -0.15) is 0 Å². The van der Waals surface area contributed by atoms with E-state index in [-0.39, 0.29) is 11.9 Å². The number of hydrogen-bond acceptors (Lipinski definition) is 2. The first-order chi connectivity index (χ1) is 8.33. The molecule has 1 aromatic rings. The highest BCUT2D eigenvalue weighted by Crippen LogP contribution is 2.23. The lowest BCUT2D eigenvalue weighted by Crippen LogP contribution is -2.52. The van der Waals surface area contributed by atoms with Crippen molar-refractivity contribution < 1.29 is 4.79 Å². The van der Waals surface area contributed by atoms with Crippen molar-refractivity contribution in [1.29, 1.82) is 0 Å². The van der Waals surface area contributed by atoms with Crippen molar-refractivity contribution in [3.05, 3.63) is 35.9 Å². The number of rotatable bonds is 6. The number of carbonyl (C=O) groups is 1. The van der Waals surface area contributed by atoms with E-state index in [4.69, 9.17) is 5.73 Å². The SMILES string of the molecule is CC(C)CC(NC(C)(C)C(N)=O)c1ccccc1. The van der Waals surface area contributed by atoms with Crippen molar-refractivity contribution in [2.45, 2.75) is 45.7 Å². The normalized spacial score (nSPS) is 13.6. The zero-order chi connectivity index (χ0) is 13.8. The van der Waals surface area contributed by atoms with Crippen LogP contribution in [0.15, 0.2) is 30.3 Å². The van der Waals surface area contributed by atoms with Crippen LogP contribution in [0.1, 0.15) is 45.7 Å². The minimum Gasteiger partial charge on any atom is -0.368 e. The highest BCUT2D eigenvalue weighted by molar-refractivity contribution is 5.83. The molecule has 0 spiro atoms. The topological polar surface area (TPSA) is 55.1 Å². The van der Waals surface area contributed by atoms with Crippen molar-refractivity contribution in [2.75, 3.05) is 0 Å². The Bertz CT molecular complexity index is 385. The second-order valence-electron chi connectivity index (χ2n) is 5.73. The Balaban J connectivity index is 2.90. The summed E-state index contributed by atoms with van der Waals surface area (Å²) in [6, 6.07) is 10.3. The van der Waals surface area contributed by atoms with E-state index in [1.807, 2.05) is 32.0 Å². The average Bonchev–Trinajstić information content (AvgIpc) is 2.28.